The first-order valence-corrected chi connectivity index (χ1v) is 5.86. The van der Waals surface area contributed by atoms with Crippen molar-refractivity contribution in [2.75, 3.05) is 0 Å². The normalized spacial score (nSPS) is 17.1. The van der Waals surface area contributed by atoms with Crippen molar-refractivity contribution in [2.24, 2.45) is 0 Å². The van der Waals surface area contributed by atoms with Crippen LogP contribution in [0.2, 0.25) is 0 Å². The van der Waals surface area contributed by atoms with Gasteiger partial charge >= 0.3 is 35.7 Å². The van der Waals surface area contributed by atoms with Crippen molar-refractivity contribution in [3.05, 3.63) is 0 Å². The molecule has 0 bridgehead atoms. The zero-order valence-corrected chi connectivity index (χ0v) is 11.4. The Balaban J connectivity index is 6.20. The van der Waals surface area contributed by atoms with Crippen LogP contribution in [-0.4, -0.2) is 47.0 Å². The molecule has 1 N–H and O–H groups in total. The maximum Gasteiger partial charge on any atom is 0.423 e. The van der Waals surface area contributed by atoms with E-state index in [1.54, 1.807) is 0 Å². The summed E-state index contributed by atoms with van der Waals surface area (Å²) in [6.07, 6.45) is -13.3. The maximum atomic E-state index is 13.1. The minimum atomic E-state index is -7.86. The summed E-state index contributed by atoms with van der Waals surface area (Å²) >= 11 is 0. The fourth-order valence-corrected chi connectivity index (χ4v) is 1.42. The highest BCUT2D eigenvalue weighted by Gasteiger charge is 2.90. The molecule has 0 amide bonds. The molecule has 0 fully saturated rings. The monoisotopic (exact) mass is 392 g/mol. The Morgan fingerprint density at radius 3 is 1.29 bits per heavy atom. The summed E-state index contributed by atoms with van der Waals surface area (Å²) in [7, 11) is 0. The Morgan fingerprint density at radius 2 is 1.00 bits per heavy atom. The fraction of sp³-hybridized carbons (Fsp3) is 1.00. The van der Waals surface area contributed by atoms with Gasteiger partial charge in [-0.15, -0.1) is 0 Å². The minimum Gasteiger partial charge on any atom is -0.331 e. The molecule has 14 heteroatoms. The van der Waals surface area contributed by atoms with Crippen LogP contribution in [0.4, 0.5) is 57.1 Å². The van der Waals surface area contributed by atoms with E-state index in [0.717, 1.165) is 6.92 Å². The molecule has 0 saturated heterocycles. The highest BCUT2D eigenvalue weighted by Crippen LogP contribution is 2.60. The van der Waals surface area contributed by atoms with E-state index in [2.05, 4.69) is 0 Å². The molecule has 0 aromatic heterocycles. The molecule has 1 atom stereocenters. The largest absolute Gasteiger partial charge is 0.423 e. The third-order valence-electron chi connectivity index (χ3n) is 2.91. The zero-order valence-electron chi connectivity index (χ0n) is 11.4. The fourth-order valence-electron chi connectivity index (χ4n) is 1.42. The van der Waals surface area contributed by atoms with Crippen LogP contribution < -0.4 is 0 Å². The molecule has 0 heterocycles. The lowest BCUT2D eigenvalue weighted by molar-refractivity contribution is -0.454. The molecule has 0 aromatic rings. The quantitative estimate of drug-likeness (QED) is 0.584. The molecule has 0 spiro atoms. The Hall–Kier alpha value is -0.950. The number of hydrogen-bond acceptors (Lipinski definition) is 1. The third-order valence-corrected chi connectivity index (χ3v) is 2.91. The molecule has 0 rings (SSSR count). The van der Waals surface area contributed by atoms with E-state index < -0.39 is 54.7 Å². The summed E-state index contributed by atoms with van der Waals surface area (Å²) < 4.78 is 166. The number of rotatable bonds is 8. The first kappa shape index (κ1) is 23.1. The summed E-state index contributed by atoms with van der Waals surface area (Å²) in [6, 6.07) is 0. The highest BCUT2D eigenvalue weighted by atomic mass is 19.4. The summed E-state index contributed by atoms with van der Waals surface area (Å²) in [5.74, 6) is -37.4. The van der Waals surface area contributed by atoms with Gasteiger partial charge in [0.25, 0.3) is 0 Å². The molecule has 24 heavy (non-hydrogen) atoms. The van der Waals surface area contributed by atoms with Crippen LogP contribution >= 0.6 is 0 Å². The lowest BCUT2D eigenvalue weighted by Gasteiger charge is -2.40. The van der Waals surface area contributed by atoms with Gasteiger partial charge in [0.15, 0.2) is 6.17 Å². The second kappa shape index (κ2) is 6.09. The second-order valence-corrected chi connectivity index (χ2v) is 4.72. The van der Waals surface area contributed by atoms with Crippen LogP contribution in [0, 0.1) is 0 Å². The van der Waals surface area contributed by atoms with Gasteiger partial charge in [-0.3, -0.25) is 0 Å². The van der Waals surface area contributed by atoms with Gasteiger partial charge in [-0.05, 0) is 6.42 Å². The first-order chi connectivity index (χ1) is 10.2. The van der Waals surface area contributed by atoms with E-state index in [-0.39, 0.29) is 0 Å². The van der Waals surface area contributed by atoms with Crippen molar-refractivity contribution in [3.63, 3.8) is 0 Å². The van der Waals surface area contributed by atoms with E-state index >= 15 is 0 Å². The van der Waals surface area contributed by atoms with Crippen molar-refractivity contribution in [1.29, 1.82) is 0 Å². The molecule has 0 aliphatic heterocycles. The van der Waals surface area contributed by atoms with Gasteiger partial charge in [0.05, 0.1) is 0 Å². The molecular formula is C10H9F13O. The van der Waals surface area contributed by atoms with Crippen molar-refractivity contribution < 1.29 is 62.2 Å². The van der Waals surface area contributed by atoms with Crippen LogP contribution in [0.1, 0.15) is 19.8 Å². The van der Waals surface area contributed by atoms with Gasteiger partial charge < -0.3 is 5.11 Å². The average Bonchev–Trinajstić information content (AvgIpc) is 2.36. The molecule has 1 nitrogen and oxygen atoms in total. The lowest BCUT2D eigenvalue weighted by Crippen LogP contribution is -2.71. The third kappa shape index (κ3) is 3.01. The molecule has 1 unspecified atom stereocenters. The predicted octanol–water partition coefficient (Wildman–Crippen LogP) is 4.89. The van der Waals surface area contributed by atoms with E-state index in [1.165, 1.54) is 0 Å². The van der Waals surface area contributed by atoms with Crippen molar-refractivity contribution in [2.45, 2.75) is 61.7 Å². The minimum absolute atomic E-state index is 0.653. The maximum absolute atomic E-state index is 13.1. The Kier molecular flexibility index (Phi) is 5.85. The molecule has 0 aliphatic rings. The van der Waals surface area contributed by atoms with Gasteiger partial charge in [-0.25, -0.2) is 4.39 Å². The van der Waals surface area contributed by atoms with Crippen LogP contribution in [-0.2, 0) is 0 Å². The van der Waals surface area contributed by atoms with Crippen molar-refractivity contribution >= 4 is 0 Å². The molecule has 0 aliphatic carbocycles. The van der Waals surface area contributed by atoms with E-state index in [9.17, 15) is 57.1 Å². The number of hydrogen-bond donors (Lipinski definition) is 1. The zero-order chi connectivity index (χ0) is 20.0. The van der Waals surface area contributed by atoms with E-state index in [0.29, 0.717) is 0 Å². The van der Waals surface area contributed by atoms with Gasteiger partial charge in [0.2, 0.25) is 0 Å². The number of halogens is 13. The van der Waals surface area contributed by atoms with E-state index in [1.807, 2.05) is 0 Å². The molecule has 0 saturated carbocycles. The number of aliphatic hydroxyl groups is 1. The summed E-state index contributed by atoms with van der Waals surface area (Å²) in [5, 5.41) is 7.50. The van der Waals surface area contributed by atoms with Crippen LogP contribution in [0.25, 0.3) is 0 Å². The van der Waals surface area contributed by atoms with Crippen LogP contribution in [0.15, 0.2) is 0 Å². The average molecular weight is 392 g/mol. The van der Waals surface area contributed by atoms with Crippen LogP contribution in [0.5, 0.6) is 0 Å². The molecule has 0 radical (unpaired) electrons. The standard InChI is InChI=1S/C10H9F13O/c1-2-3-4(11)5(12,13)6(14,15)7(16,17)8(18,19)9(20,21)10(22,23)24/h4,24H,2-3H2,1H3. The van der Waals surface area contributed by atoms with Crippen LogP contribution in [0.3, 0.4) is 0 Å². The van der Waals surface area contributed by atoms with Gasteiger partial charge in [0.1, 0.15) is 0 Å². The Labute approximate surface area is 125 Å². The topological polar surface area (TPSA) is 20.2 Å². The van der Waals surface area contributed by atoms with Crippen molar-refractivity contribution in [1.82, 2.24) is 0 Å². The Bertz CT molecular complexity index is 439. The van der Waals surface area contributed by atoms with Gasteiger partial charge in [0, 0.05) is 0 Å². The van der Waals surface area contributed by atoms with Gasteiger partial charge in [-0.2, -0.15) is 52.7 Å². The predicted molar refractivity (Wildman–Crippen MR) is 51.7 cm³/mol. The van der Waals surface area contributed by atoms with Crippen molar-refractivity contribution in [3.8, 4) is 0 Å². The summed E-state index contributed by atoms with van der Waals surface area (Å²) in [4.78, 5) is 0. The molecular weight excluding hydrogens is 383 g/mol. The molecule has 0 aromatic carbocycles. The highest BCUT2D eigenvalue weighted by molar-refractivity contribution is 5.11. The first-order valence-electron chi connectivity index (χ1n) is 5.86. The lowest BCUT2D eigenvalue weighted by atomic mass is 9.91. The van der Waals surface area contributed by atoms with Gasteiger partial charge in [-0.1, -0.05) is 13.3 Å². The van der Waals surface area contributed by atoms with E-state index in [4.69, 9.17) is 5.11 Å². The summed E-state index contributed by atoms with van der Waals surface area (Å²) in [6.45, 7) is 0.911. The summed E-state index contributed by atoms with van der Waals surface area (Å²) in [5.41, 5.74) is 0. The smallest absolute Gasteiger partial charge is 0.331 e. The Morgan fingerprint density at radius 1 is 0.667 bits per heavy atom. The second-order valence-electron chi connectivity index (χ2n) is 4.72. The SMILES string of the molecule is CCCC(F)C(F)(F)C(F)(F)C(F)(F)C(F)(F)C(F)(F)C(O)(F)F. The molecule has 146 valence electrons. The number of alkyl halides is 13.